The van der Waals surface area contributed by atoms with Crippen LogP contribution in [-0.2, 0) is 4.79 Å². The van der Waals surface area contributed by atoms with Gasteiger partial charge in [0.05, 0.1) is 5.56 Å². The average Bonchev–Trinajstić information content (AvgIpc) is 2.41. The van der Waals surface area contributed by atoms with E-state index in [2.05, 4.69) is 10.1 Å². The number of ether oxygens (including phenoxy) is 1. The molecule has 1 aromatic carbocycles. The Morgan fingerprint density at radius 2 is 1.82 bits per heavy atom. The number of rotatable bonds is 8. The molecule has 0 spiro atoms. The molecule has 0 saturated heterocycles. The molecule has 5 nitrogen and oxygen atoms in total. The van der Waals surface area contributed by atoms with Gasteiger partial charge in [-0.15, -0.1) is 13.2 Å². The van der Waals surface area contributed by atoms with Gasteiger partial charge in [0.1, 0.15) is 5.75 Å². The van der Waals surface area contributed by atoms with Gasteiger partial charge in [-0.2, -0.15) is 0 Å². The molecule has 2 N–H and O–H groups in total. The number of alkyl halides is 3. The van der Waals surface area contributed by atoms with Crippen molar-refractivity contribution in [2.45, 2.75) is 32.0 Å². The first-order chi connectivity index (χ1) is 10.3. The maximum Gasteiger partial charge on any atom is 0.573 e. The predicted octanol–water partition coefficient (Wildman–Crippen LogP) is 2.96. The highest BCUT2D eigenvalue weighted by Gasteiger charge is 2.32. The molecule has 8 heteroatoms. The van der Waals surface area contributed by atoms with Crippen LogP contribution in [0.4, 0.5) is 13.2 Å². The van der Waals surface area contributed by atoms with Crippen molar-refractivity contribution in [3.63, 3.8) is 0 Å². The fourth-order valence-corrected chi connectivity index (χ4v) is 1.74. The third-order valence-electron chi connectivity index (χ3n) is 2.71. The highest BCUT2D eigenvalue weighted by molar-refractivity contribution is 5.96. The van der Waals surface area contributed by atoms with Gasteiger partial charge >= 0.3 is 12.3 Å². The van der Waals surface area contributed by atoms with Gasteiger partial charge in [-0.3, -0.25) is 9.59 Å². The molecule has 0 atom stereocenters. The van der Waals surface area contributed by atoms with E-state index in [0.717, 1.165) is 6.07 Å². The summed E-state index contributed by atoms with van der Waals surface area (Å²) in [6.07, 6.45) is -3.18. The van der Waals surface area contributed by atoms with Crippen LogP contribution in [0.25, 0.3) is 0 Å². The summed E-state index contributed by atoms with van der Waals surface area (Å²) < 4.78 is 40.5. The van der Waals surface area contributed by atoms with E-state index in [0.29, 0.717) is 19.3 Å². The van der Waals surface area contributed by atoms with Crippen molar-refractivity contribution in [2.75, 3.05) is 6.54 Å². The molecule has 1 aromatic rings. The number of carbonyl (C=O) groups is 2. The molecule has 0 radical (unpaired) electrons. The van der Waals surface area contributed by atoms with Gasteiger partial charge in [0.15, 0.2) is 0 Å². The lowest BCUT2D eigenvalue weighted by atomic mass is 10.1. The maximum atomic E-state index is 12.2. The van der Waals surface area contributed by atoms with Crippen molar-refractivity contribution in [2.24, 2.45) is 0 Å². The molecular formula is C14H16F3NO4. The standard InChI is InChI=1S/C14H16F3NO4/c15-14(16,17)22-11-7-4-3-6-10(11)13(21)18-9-5-1-2-8-12(19)20/h3-4,6-7H,1-2,5,8-9H2,(H,18,21)(H,19,20). The first-order valence-corrected chi connectivity index (χ1v) is 6.64. The Balaban J connectivity index is 2.47. The Morgan fingerprint density at radius 1 is 1.14 bits per heavy atom. The Labute approximate surface area is 125 Å². The van der Waals surface area contributed by atoms with Crippen molar-refractivity contribution in [1.29, 1.82) is 0 Å². The van der Waals surface area contributed by atoms with Crippen LogP contribution in [0.5, 0.6) is 5.75 Å². The van der Waals surface area contributed by atoms with Gasteiger partial charge in [-0.1, -0.05) is 18.6 Å². The number of carboxylic acid groups (broad SMARTS) is 1. The van der Waals surface area contributed by atoms with Crippen molar-refractivity contribution in [1.82, 2.24) is 5.32 Å². The van der Waals surface area contributed by atoms with Gasteiger partial charge in [-0.05, 0) is 25.0 Å². The molecule has 22 heavy (non-hydrogen) atoms. The predicted molar refractivity (Wildman–Crippen MR) is 71.6 cm³/mol. The highest BCUT2D eigenvalue weighted by Crippen LogP contribution is 2.26. The summed E-state index contributed by atoms with van der Waals surface area (Å²) in [4.78, 5) is 22.1. The number of benzene rings is 1. The number of hydrogen-bond acceptors (Lipinski definition) is 3. The largest absolute Gasteiger partial charge is 0.573 e. The molecule has 0 bridgehead atoms. The summed E-state index contributed by atoms with van der Waals surface area (Å²) in [5.74, 6) is -2.11. The number of nitrogens with one attached hydrogen (secondary N) is 1. The molecule has 0 aliphatic heterocycles. The fraction of sp³-hybridized carbons (Fsp3) is 0.429. The Bertz CT molecular complexity index is 517. The number of aliphatic carboxylic acids is 1. The molecule has 0 unspecified atom stereocenters. The lowest BCUT2D eigenvalue weighted by Gasteiger charge is -2.13. The van der Waals surface area contributed by atoms with Crippen LogP contribution >= 0.6 is 0 Å². The SMILES string of the molecule is O=C(O)CCCCCNC(=O)c1ccccc1OC(F)(F)F. The number of halogens is 3. The number of hydrogen-bond donors (Lipinski definition) is 2. The monoisotopic (exact) mass is 319 g/mol. The van der Waals surface area contributed by atoms with E-state index in [1.54, 1.807) is 0 Å². The van der Waals surface area contributed by atoms with E-state index in [1.165, 1.54) is 18.2 Å². The zero-order valence-corrected chi connectivity index (χ0v) is 11.7. The second kappa shape index (κ2) is 8.26. The summed E-state index contributed by atoms with van der Waals surface area (Å²) in [5, 5.41) is 10.9. The van der Waals surface area contributed by atoms with Crippen LogP contribution in [-0.4, -0.2) is 29.9 Å². The van der Waals surface area contributed by atoms with E-state index >= 15 is 0 Å². The minimum Gasteiger partial charge on any atom is -0.481 e. The van der Waals surface area contributed by atoms with E-state index in [4.69, 9.17) is 5.11 Å². The minimum atomic E-state index is -4.87. The van der Waals surface area contributed by atoms with Crippen molar-refractivity contribution < 1.29 is 32.6 Å². The van der Waals surface area contributed by atoms with Crippen molar-refractivity contribution >= 4 is 11.9 Å². The summed E-state index contributed by atoms with van der Waals surface area (Å²) in [6.45, 7) is 0.249. The molecule has 0 saturated carbocycles. The first kappa shape index (κ1) is 17.8. The van der Waals surface area contributed by atoms with Gasteiger partial charge in [0, 0.05) is 13.0 Å². The first-order valence-electron chi connectivity index (χ1n) is 6.64. The third kappa shape index (κ3) is 6.96. The van der Waals surface area contributed by atoms with E-state index in [-0.39, 0.29) is 18.5 Å². The number of carboxylic acids is 1. The molecule has 1 rings (SSSR count). The third-order valence-corrected chi connectivity index (χ3v) is 2.71. The molecule has 0 heterocycles. The lowest BCUT2D eigenvalue weighted by Crippen LogP contribution is -2.26. The number of unbranched alkanes of at least 4 members (excludes halogenated alkanes) is 2. The van der Waals surface area contributed by atoms with Crippen molar-refractivity contribution in [3.05, 3.63) is 29.8 Å². The Kier molecular flexibility index (Phi) is 6.68. The summed E-state index contributed by atoms with van der Waals surface area (Å²) in [5.41, 5.74) is -0.203. The summed E-state index contributed by atoms with van der Waals surface area (Å²) in [7, 11) is 0. The van der Waals surface area contributed by atoms with E-state index in [9.17, 15) is 22.8 Å². The molecule has 0 fully saturated rings. The van der Waals surface area contributed by atoms with Crippen LogP contribution in [0.1, 0.15) is 36.0 Å². The normalized spacial score (nSPS) is 11.0. The topological polar surface area (TPSA) is 75.6 Å². The van der Waals surface area contributed by atoms with Gasteiger partial charge in [0.25, 0.3) is 5.91 Å². The van der Waals surface area contributed by atoms with Gasteiger partial charge in [0.2, 0.25) is 0 Å². The van der Waals surface area contributed by atoms with Crippen LogP contribution in [0.2, 0.25) is 0 Å². The van der Waals surface area contributed by atoms with Crippen LogP contribution in [0, 0.1) is 0 Å². The Hall–Kier alpha value is -2.25. The van der Waals surface area contributed by atoms with Crippen LogP contribution in [0.3, 0.4) is 0 Å². The molecule has 122 valence electrons. The molecule has 1 amide bonds. The van der Waals surface area contributed by atoms with Crippen LogP contribution in [0.15, 0.2) is 24.3 Å². The second-order valence-corrected chi connectivity index (χ2v) is 4.50. The lowest BCUT2D eigenvalue weighted by molar-refractivity contribution is -0.274. The molecular weight excluding hydrogens is 303 g/mol. The van der Waals surface area contributed by atoms with E-state index in [1.807, 2.05) is 0 Å². The zero-order valence-electron chi connectivity index (χ0n) is 11.7. The number of para-hydroxylation sites is 1. The molecule has 0 aromatic heterocycles. The van der Waals surface area contributed by atoms with Crippen molar-refractivity contribution in [3.8, 4) is 5.75 Å². The number of amides is 1. The quantitative estimate of drug-likeness (QED) is 0.722. The molecule has 0 aliphatic carbocycles. The van der Waals surface area contributed by atoms with Gasteiger partial charge in [-0.25, -0.2) is 0 Å². The highest BCUT2D eigenvalue weighted by atomic mass is 19.4. The zero-order chi connectivity index (χ0) is 16.6. The second-order valence-electron chi connectivity index (χ2n) is 4.50. The van der Waals surface area contributed by atoms with E-state index < -0.39 is 24.0 Å². The average molecular weight is 319 g/mol. The minimum absolute atomic E-state index is 0.0518. The summed E-state index contributed by atoms with van der Waals surface area (Å²) >= 11 is 0. The number of carbonyl (C=O) groups excluding carboxylic acids is 1. The molecule has 0 aliphatic rings. The fourth-order valence-electron chi connectivity index (χ4n) is 1.74. The Morgan fingerprint density at radius 3 is 2.45 bits per heavy atom. The maximum absolute atomic E-state index is 12.2. The van der Waals surface area contributed by atoms with Crippen LogP contribution < -0.4 is 10.1 Å². The summed E-state index contributed by atoms with van der Waals surface area (Å²) in [6, 6.07) is 5.07. The smallest absolute Gasteiger partial charge is 0.481 e. The van der Waals surface area contributed by atoms with Gasteiger partial charge < -0.3 is 15.2 Å².